The fourth-order valence-electron chi connectivity index (χ4n) is 3.84. The first kappa shape index (κ1) is 20.7. The van der Waals surface area contributed by atoms with Gasteiger partial charge >= 0.3 is 0 Å². The van der Waals surface area contributed by atoms with E-state index in [0.29, 0.717) is 10.7 Å². The topological polar surface area (TPSA) is 58.1 Å². The quantitative estimate of drug-likeness (QED) is 0.598. The Bertz CT molecular complexity index is 992. The molecule has 1 saturated heterocycles. The number of rotatable bonds is 5. The van der Waals surface area contributed by atoms with Crippen molar-refractivity contribution < 1.29 is 4.79 Å². The number of nitrogens with one attached hydrogen (secondary N) is 1. The summed E-state index contributed by atoms with van der Waals surface area (Å²) < 4.78 is 0. The van der Waals surface area contributed by atoms with Gasteiger partial charge in [0.15, 0.2) is 5.13 Å². The van der Waals surface area contributed by atoms with Gasteiger partial charge in [-0.15, -0.1) is 11.3 Å². The number of carbonyl (C=O) groups is 1. The Kier molecular flexibility index (Phi) is 5.97. The number of aromatic nitrogens is 2. The minimum Gasteiger partial charge on any atom is -0.298 e. The van der Waals surface area contributed by atoms with Gasteiger partial charge in [-0.25, -0.2) is 4.98 Å². The van der Waals surface area contributed by atoms with Crippen LogP contribution in [0.5, 0.6) is 0 Å². The van der Waals surface area contributed by atoms with Gasteiger partial charge < -0.3 is 0 Å². The number of hydrogen-bond acceptors (Lipinski definition) is 5. The third-order valence-electron chi connectivity index (χ3n) is 5.55. The lowest BCUT2D eigenvalue weighted by atomic mass is 9.87. The van der Waals surface area contributed by atoms with Crippen molar-refractivity contribution in [2.24, 2.45) is 0 Å². The fourth-order valence-corrected chi connectivity index (χ4v) is 4.59. The second-order valence-corrected chi connectivity index (χ2v) is 9.67. The van der Waals surface area contributed by atoms with Crippen molar-refractivity contribution in [2.45, 2.75) is 51.6 Å². The summed E-state index contributed by atoms with van der Waals surface area (Å²) in [5.74, 6) is -0.117. The number of likely N-dealkylation sites (tertiary alicyclic amines) is 1. The Morgan fingerprint density at radius 3 is 2.70 bits per heavy atom. The average Bonchev–Trinajstić information content (AvgIpc) is 3.37. The fraction of sp³-hybridized carbons (Fsp3) is 0.375. The number of hydrogen-bond donors (Lipinski definition) is 1. The summed E-state index contributed by atoms with van der Waals surface area (Å²) in [6.07, 6.45) is 4.07. The van der Waals surface area contributed by atoms with Crippen LogP contribution in [0.1, 0.15) is 67.0 Å². The van der Waals surface area contributed by atoms with Gasteiger partial charge in [-0.05, 0) is 54.6 Å². The third kappa shape index (κ3) is 4.77. The molecule has 1 amide bonds. The predicted molar refractivity (Wildman–Crippen MR) is 122 cm³/mol. The second kappa shape index (κ2) is 8.66. The number of carbonyl (C=O) groups excluding carboxylic acids is 1. The van der Waals surface area contributed by atoms with E-state index in [4.69, 9.17) is 4.98 Å². The summed E-state index contributed by atoms with van der Waals surface area (Å²) in [5, 5.41) is 5.68. The molecule has 30 heavy (non-hydrogen) atoms. The molecule has 0 saturated carbocycles. The Hall–Kier alpha value is -2.57. The monoisotopic (exact) mass is 420 g/mol. The van der Waals surface area contributed by atoms with Gasteiger partial charge in [0, 0.05) is 23.7 Å². The molecule has 1 aliphatic rings. The Morgan fingerprint density at radius 1 is 1.20 bits per heavy atom. The Labute approximate surface area is 182 Å². The minimum absolute atomic E-state index is 0.0711. The standard InChI is InChI=1S/C24H28N4OS/c1-24(2,3)18-11-9-17(10-12-18)22(29)27-23-26-20(16-30-23)21-8-6-14-28(21)15-19-7-4-5-13-25-19/h4-5,7,9-13,16,21H,6,8,14-15H2,1-3H3,(H,26,27,29)/t21-/m1/s1. The van der Waals surface area contributed by atoms with Crippen molar-refractivity contribution in [1.29, 1.82) is 0 Å². The maximum Gasteiger partial charge on any atom is 0.257 e. The Balaban J connectivity index is 1.41. The number of benzene rings is 1. The zero-order chi connectivity index (χ0) is 21.1. The number of amides is 1. The normalized spacial score (nSPS) is 17.2. The van der Waals surface area contributed by atoms with E-state index in [9.17, 15) is 4.79 Å². The van der Waals surface area contributed by atoms with Crippen molar-refractivity contribution in [2.75, 3.05) is 11.9 Å². The van der Waals surface area contributed by atoms with Crippen LogP contribution in [0, 0.1) is 0 Å². The minimum atomic E-state index is -0.117. The lowest BCUT2D eigenvalue weighted by Crippen LogP contribution is -2.23. The summed E-state index contributed by atoms with van der Waals surface area (Å²) in [4.78, 5) is 24.3. The molecule has 1 aliphatic heterocycles. The van der Waals surface area contributed by atoms with Crippen LogP contribution in [0.4, 0.5) is 5.13 Å². The molecule has 6 heteroatoms. The molecule has 1 N–H and O–H groups in total. The number of nitrogens with zero attached hydrogens (tertiary/aromatic N) is 3. The van der Waals surface area contributed by atoms with Crippen molar-refractivity contribution in [3.63, 3.8) is 0 Å². The molecule has 3 aromatic rings. The SMILES string of the molecule is CC(C)(C)c1ccc(C(=O)Nc2nc([C@H]3CCCN3Cc3ccccn3)cs2)cc1. The lowest BCUT2D eigenvalue weighted by Gasteiger charge is -2.22. The van der Waals surface area contributed by atoms with E-state index in [1.165, 1.54) is 16.9 Å². The molecular formula is C24H28N4OS. The molecule has 0 bridgehead atoms. The van der Waals surface area contributed by atoms with Gasteiger partial charge in [0.05, 0.1) is 17.4 Å². The number of thiazole rings is 1. The molecule has 0 radical (unpaired) electrons. The van der Waals surface area contributed by atoms with Crippen LogP contribution in [0.2, 0.25) is 0 Å². The van der Waals surface area contributed by atoms with Gasteiger partial charge in [0.2, 0.25) is 0 Å². The van der Waals surface area contributed by atoms with E-state index in [2.05, 4.69) is 47.4 Å². The summed E-state index contributed by atoms with van der Waals surface area (Å²) in [6.45, 7) is 8.36. The molecule has 1 aromatic carbocycles. The smallest absolute Gasteiger partial charge is 0.257 e. The molecule has 0 aliphatic carbocycles. The van der Waals surface area contributed by atoms with Crippen molar-refractivity contribution >= 4 is 22.4 Å². The summed E-state index contributed by atoms with van der Waals surface area (Å²) in [5.41, 5.74) is 4.04. The molecule has 0 unspecified atom stereocenters. The first-order chi connectivity index (χ1) is 14.4. The largest absolute Gasteiger partial charge is 0.298 e. The molecule has 4 rings (SSSR count). The lowest BCUT2D eigenvalue weighted by molar-refractivity contribution is 0.102. The molecule has 5 nitrogen and oxygen atoms in total. The average molecular weight is 421 g/mol. The van der Waals surface area contributed by atoms with E-state index < -0.39 is 0 Å². The van der Waals surface area contributed by atoms with E-state index in [1.54, 1.807) is 0 Å². The maximum absolute atomic E-state index is 12.6. The van der Waals surface area contributed by atoms with Gasteiger partial charge in [-0.3, -0.25) is 20.0 Å². The van der Waals surface area contributed by atoms with Crippen LogP contribution < -0.4 is 5.32 Å². The molecule has 156 valence electrons. The van der Waals surface area contributed by atoms with Crippen LogP contribution in [0.25, 0.3) is 0 Å². The molecule has 1 atom stereocenters. The zero-order valence-electron chi connectivity index (χ0n) is 17.8. The van der Waals surface area contributed by atoms with E-state index in [-0.39, 0.29) is 17.4 Å². The second-order valence-electron chi connectivity index (χ2n) is 8.81. The highest BCUT2D eigenvalue weighted by atomic mass is 32.1. The number of pyridine rings is 1. The van der Waals surface area contributed by atoms with Crippen LogP contribution in [-0.2, 0) is 12.0 Å². The highest BCUT2D eigenvalue weighted by Gasteiger charge is 2.28. The van der Waals surface area contributed by atoms with Gasteiger partial charge in [-0.2, -0.15) is 0 Å². The first-order valence-corrected chi connectivity index (χ1v) is 11.3. The predicted octanol–water partition coefficient (Wildman–Crippen LogP) is 5.43. The first-order valence-electron chi connectivity index (χ1n) is 10.4. The van der Waals surface area contributed by atoms with Crippen molar-refractivity contribution in [3.8, 4) is 0 Å². The highest BCUT2D eigenvalue weighted by molar-refractivity contribution is 7.14. The maximum atomic E-state index is 12.6. The van der Waals surface area contributed by atoms with Crippen LogP contribution >= 0.6 is 11.3 Å². The van der Waals surface area contributed by atoms with Crippen LogP contribution in [0.3, 0.4) is 0 Å². The van der Waals surface area contributed by atoms with E-state index in [1.807, 2.05) is 42.6 Å². The van der Waals surface area contributed by atoms with Gasteiger partial charge in [-0.1, -0.05) is 39.0 Å². The molecule has 1 fully saturated rings. The van der Waals surface area contributed by atoms with Gasteiger partial charge in [0.25, 0.3) is 5.91 Å². The third-order valence-corrected chi connectivity index (χ3v) is 6.33. The zero-order valence-corrected chi connectivity index (χ0v) is 18.6. The summed E-state index contributed by atoms with van der Waals surface area (Å²) in [7, 11) is 0. The Morgan fingerprint density at radius 2 is 2.00 bits per heavy atom. The van der Waals surface area contributed by atoms with Crippen molar-refractivity contribution in [1.82, 2.24) is 14.9 Å². The van der Waals surface area contributed by atoms with Crippen LogP contribution in [0.15, 0.2) is 54.0 Å². The molecule has 2 aromatic heterocycles. The highest BCUT2D eigenvalue weighted by Crippen LogP contribution is 2.34. The van der Waals surface area contributed by atoms with E-state index >= 15 is 0 Å². The van der Waals surface area contributed by atoms with Crippen molar-refractivity contribution in [3.05, 3.63) is 76.6 Å². The summed E-state index contributed by atoms with van der Waals surface area (Å²) in [6, 6.07) is 14.1. The summed E-state index contributed by atoms with van der Waals surface area (Å²) >= 11 is 1.49. The molecule has 3 heterocycles. The molecular weight excluding hydrogens is 392 g/mol. The number of anilines is 1. The molecule has 0 spiro atoms. The van der Waals surface area contributed by atoms with Gasteiger partial charge in [0.1, 0.15) is 0 Å². The van der Waals surface area contributed by atoms with E-state index in [0.717, 1.165) is 37.3 Å². The van der Waals surface area contributed by atoms with Crippen LogP contribution in [-0.4, -0.2) is 27.3 Å².